The monoisotopic (exact) mass is 226 g/mol. The third-order valence-corrected chi connectivity index (χ3v) is 3.26. The van der Waals surface area contributed by atoms with Gasteiger partial charge in [-0.25, -0.2) is 4.79 Å². The minimum absolute atomic E-state index is 0.135. The Labute approximate surface area is 97.3 Å². The zero-order valence-corrected chi connectivity index (χ0v) is 10.5. The van der Waals surface area contributed by atoms with Crippen molar-refractivity contribution in [1.82, 2.24) is 10.2 Å². The fraction of sp³-hybridized carbons (Fsp3) is 0.917. The molecule has 1 N–H and O–H groups in total. The topological polar surface area (TPSA) is 41.6 Å². The molecule has 0 unspecified atom stereocenters. The predicted molar refractivity (Wildman–Crippen MR) is 62.4 cm³/mol. The van der Waals surface area contributed by atoms with E-state index in [2.05, 4.69) is 5.32 Å². The van der Waals surface area contributed by atoms with Crippen LogP contribution in [0.25, 0.3) is 0 Å². The third-order valence-electron chi connectivity index (χ3n) is 3.26. The van der Waals surface area contributed by atoms with Crippen molar-refractivity contribution in [3.8, 4) is 0 Å². The summed E-state index contributed by atoms with van der Waals surface area (Å²) in [5, 5.41) is 3.38. The average Bonchev–Trinajstić information content (AvgIpc) is 2.36. The summed E-state index contributed by atoms with van der Waals surface area (Å²) in [7, 11) is 0. The summed E-state index contributed by atoms with van der Waals surface area (Å²) in [6, 6.07) is 0.720. The molecule has 2 fully saturated rings. The van der Waals surface area contributed by atoms with Gasteiger partial charge in [-0.05, 0) is 46.6 Å². The lowest BCUT2D eigenvalue weighted by Crippen LogP contribution is -2.45. The van der Waals surface area contributed by atoms with E-state index in [1.807, 2.05) is 25.7 Å². The van der Waals surface area contributed by atoms with Crippen LogP contribution in [0.1, 0.15) is 40.0 Å². The maximum Gasteiger partial charge on any atom is 0.410 e. The molecule has 0 aromatic rings. The molecule has 0 aliphatic carbocycles. The quantitative estimate of drug-likeness (QED) is 0.684. The Hall–Kier alpha value is -0.770. The molecule has 1 amide bonds. The Morgan fingerprint density at radius 2 is 1.94 bits per heavy atom. The minimum Gasteiger partial charge on any atom is -0.444 e. The van der Waals surface area contributed by atoms with Crippen LogP contribution >= 0.6 is 0 Å². The van der Waals surface area contributed by atoms with E-state index in [1.165, 1.54) is 0 Å². The summed E-state index contributed by atoms with van der Waals surface area (Å²) in [5.41, 5.74) is -0.393. The van der Waals surface area contributed by atoms with Gasteiger partial charge in [-0.15, -0.1) is 0 Å². The number of amides is 1. The highest BCUT2D eigenvalue weighted by molar-refractivity contribution is 5.69. The maximum atomic E-state index is 12.1. The van der Waals surface area contributed by atoms with Gasteiger partial charge in [-0.3, -0.25) is 0 Å². The van der Waals surface area contributed by atoms with Gasteiger partial charge in [-0.2, -0.15) is 0 Å². The number of carbonyl (C=O) groups is 1. The van der Waals surface area contributed by atoms with Gasteiger partial charge in [-0.1, -0.05) is 0 Å². The van der Waals surface area contributed by atoms with Crippen LogP contribution in [0.2, 0.25) is 0 Å². The zero-order valence-electron chi connectivity index (χ0n) is 10.5. The Bertz CT molecular complexity index is 259. The van der Waals surface area contributed by atoms with E-state index >= 15 is 0 Å². The van der Waals surface area contributed by atoms with Gasteiger partial charge in [0, 0.05) is 18.6 Å². The summed E-state index contributed by atoms with van der Waals surface area (Å²) in [4.78, 5) is 14.1. The Balaban J connectivity index is 2.05. The van der Waals surface area contributed by atoms with Crippen molar-refractivity contribution in [3.05, 3.63) is 0 Å². The van der Waals surface area contributed by atoms with Gasteiger partial charge in [0.2, 0.25) is 0 Å². The van der Waals surface area contributed by atoms with Crippen molar-refractivity contribution in [2.75, 3.05) is 13.1 Å². The van der Waals surface area contributed by atoms with Crippen LogP contribution in [-0.2, 0) is 4.74 Å². The van der Waals surface area contributed by atoms with Gasteiger partial charge in [0.05, 0.1) is 0 Å². The molecule has 0 spiro atoms. The highest BCUT2D eigenvalue weighted by atomic mass is 16.6. The Morgan fingerprint density at radius 1 is 1.25 bits per heavy atom. The fourth-order valence-corrected chi connectivity index (χ4v) is 2.60. The molecule has 2 atom stereocenters. The first-order chi connectivity index (χ1) is 7.47. The largest absolute Gasteiger partial charge is 0.444 e. The first-order valence-corrected chi connectivity index (χ1v) is 6.19. The van der Waals surface area contributed by atoms with Crippen LogP contribution < -0.4 is 5.32 Å². The number of rotatable bonds is 0. The first kappa shape index (κ1) is 11.7. The molecule has 16 heavy (non-hydrogen) atoms. The lowest BCUT2D eigenvalue weighted by atomic mass is 10.1. The molecule has 92 valence electrons. The molecule has 2 heterocycles. The van der Waals surface area contributed by atoms with Crippen LogP contribution in [0.5, 0.6) is 0 Å². The molecule has 2 saturated heterocycles. The summed E-state index contributed by atoms with van der Waals surface area (Å²) < 4.78 is 5.47. The normalized spacial score (nSPS) is 30.1. The van der Waals surface area contributed by atoms with E-state index in [9.17, 15) is 4.79 Å². The highest BCUT2D eigenvalue weighted by Crippen LogP contribution is 2.29. The van der Waals surface area contributed by atoms with Gasteiger partial charge in [0.1, 0.15) is 5.60 Å². The number of carbonyl (C=O) groups excluding carboxylic acids is 1. The van der Waals surface area contributed by atoms with Gasteiger partial charge in [0.15, 0.2) is 0 Å². The van der Waals surface area contributed by atoms with E-state index in [-0.39, 0.29) is 6.09 Å². The molecule has 4 nitrogen and oxygen atoms in total. The zero-order chi connectivity index (χ0) is 11.8. The smallest absolute Gasteiger partial charge is 0.410 e. The van der Waals surface area contributed by atoms with Crippen LogP contribution in [0.15, 0.2) is 0 Å². The lowest BCUT2D eigenvalue weighted by molar-refractivity contribution is 0.0161. The van der Waals surface area contributed by atoms with Gasteiger partial charge in [0.25, 0.3) is 0 Å². The number of fused-ring (bicyclic) bond motifs is 2. The molecule has 0 aromatic heterocycles. The minimum atomic E-state index is -0.393. The molecule has 4 heteroatoms. The molecule has 2 aliphatic rings. The summed E-state index contributed by atoms with van der Waals surface area (Å²) in [5.74, 6) is 0. The summed E-state index contributed by atoms with van der Waals surface area (Å²) >= 11 is 0. The molecule has 0 radical (unpaired) electrons. The Kier molecular flexibility index (Phi) is 3.10. The SMILES string of the molecule is CC(C)(C)OC(=O)N1[C@@H]2CCNC[C@@H]1CC2. The van der Waals surface area contributed by atoms with E-state index in [4.69, 9.17) is 4.74 Å². The van der Waals surface area contributed by atoms with Crippen molar-refractivity contribution in [2.45, 2.75) is 57.7 Å². The third kappa shape index (κ3) is 2.48. The number of nitrogens with zero attached hydrogens (tertiary/aromatic N) is 1. The van der Waals surface area contributed by atoms with Crippen LogP contribution in [0, 0.1) is 0 Å². The predicted octanol–water partition coefficient (Wildman–Crippen LogP) is 1.75. The maximum absolute atomic E-state index is 12.1. The fourth-order valence-electron chi connectivity index (χ4n) is 2.60. The van der Waals surface area contributed by atoms with Crippen molar-refractivity contribution in [2.24, 2.45) is 0 Å². The van der Waals surface area contributed by atoms with Crippen molar-refractivity contribution < 1.29 is 9.53 Å². The highest BCUT2D eigenvalue weighted by Gasteiger charge is 2.39. The van der Waals surface area contributed by atoms with Gasteiger partial charge < -0.3 is 15.0 Å². The van der Waals surface area contributed by atoms with Crippen LogP contribution in [0.3, 0.4) is 0 Å². The first-order valence-electron chi connectivity index (χ1n) is 6.19. The summed E-state index contributed by atoms with van der Waals surface area (Å²) in [6.45, 7) is 7.69. The standard InChI is InChI=1S/C12H22N2O2/c1-12(2,3)16-11(15)14-9-4-5-10(14)8-13-7-6-9/h9-10,13H,4-8H2,1-3H3/t9-,10-/m0/s1. The van der Waals surface area contributed by atoms with Crippen molar-refractivity contribution in [3.63, 3.8) is 0 Å². The number of ether oxygens (including phenoxy) is 1. The molecule has 0 aromatic carbocycles. The molecular formula is C12H22N2O2. The Morgan fingerprint density at radius 3 is 2.62 bits per heavy atom. The van der Waals surface area contributed by atoms with E-state index in [0.717, 1.165) is 32.4 Å². The van der Waals surface area contributed by atoms with Crippen LogP contribution in [-0.4, -0.2) is 41.8 Å². The lowest BCUT2D eigenvalue weighted by Gasteiger charge is -2.30. The molecule has 0 saturated carbocycles. The van der Waals surface area contributed by atoms with E-state index < -0.39 is 5.60 Å². The number of nitrogens with one attached hydrogen (secondary N) is 1. The summed E-state index contributed by atoms with van der Waals surface area (Å²) in [6.07, 6.45) is 3.15. The second-order valence-electron chi connectivity index (χ2n) is 5.77. The van der Waals surface area contributed by atoms with E-state index in [0.29, 0.717) is 12.1 Å². The second-order valence-corrected chi connectivity index (χ2v) is 5.77. The molecular weight excluding hydrogens is 204 g/mol. The van der Waals surface area contributed by atoms with Crippen LogP contribution in [0.4, 0.5) is 4.79 Å². The number of hydrogen-bond acceptors (Lipinski definition) is 3. The number of hydrogen-bond donors (Lipinski definition) is 1. The van der Waals surface area contributed by atoms with Gasteiger partial charge >= 0.3 is 6.09 Å². The molecule has 2 bridgehead atoms. The average molecular weight is 226 g/mol. The van der Waals surface area contributed by atoms with Crippen molar-refractivity contribution >= 4 is 6.09 Å². The molecule has 2 rings (SSSR count). The second kappa shape index (κ2) is 4.24. The van der Waals surface area contributed by atoms with Crippen molar-refractivity contribution in [1.29, 1.82) is 0 Å². The molecule has 2 aliphatic heterocycles. The van der Waals surface area contributed by atoms with E-state index in [1.54, 1.807) is 0 Å².